The summed E-state index contributed by atoms with van der Waals surface area (Å²) >= 11 is 0. The van der Waals surface area contributed by atoms with E-state index in [1.807, 2.05) is 13.5 Å². The minimum atomic E-state index is -1.03. The lowest BCUT2D eigenvalue weighted by molar-refractivity contribution is 0.294. The van der Waals surface area contributed by atoms with Crippen LogP contribution in [0.1, 0.15) is 6.92 Å². The second kappa shape index (κ2) is 3.69. The van der Waals surface area contributed by atoms with Crippen molar-refractivity contribution in [1.82, 2.24) is 0 Å². The molecule has 0 aromatic carbocycles. The summed E-state index contributed by atoms with van der Waals surface area (Å²) in [5.41, 5.74) is 0. The second-order valence-corrected chi connectivity index (χ2v) is 3.10. The average molecular weight is 131 g/mol. The Morgan fingerprint density at radius 2 is 2.12 bits per heavy atom. The van der Waals surface area contributed by atoms with Gasteiger partial charge in [-0.15, -0.1) is 0 Å². The average Bonchev–Trinajstić information content (AvgIpc) is 1.65. The highest BCUT2D eigenvalue weighted by Gasteiger charge is 2.04. The number of rotatable bonds is 3. The highest BCUT2D eigenvalue weighted by atomic mass is 28.3. The lowest BCUT2D eigenvalue weighted by Gasteiger charge is -2.07. The Kier molecular flexibility index (Phi) is 3.56. The molecule has 3 heteroatoms. The number of hydrogen-bond acceptors (Lipinski definition) is 2. The van der Waals surface area contributed by atoms with Gasteiger partial charge in [0.25, 0.3) is 0 Å². The topological polar surface area (TPSA) is 18.5 Å². The van der Waals surface area contributed by atoms with Crippen LogP contribution in [0, 0.1) is 0 Å². The van der Waals surface area contributed by atoms with E-state index in [1.54, 1.807) is 7.11 Å². The van der Waals surface area contributed by atoms with Crippen LogP contribution in [-0.2, 0) is 8.85 Å². The van der Waals surface area contributed by atoms with Crippen molar-refractivity contribution in [2.24, 2.45) is 0 Å². The van der Waals surface area contributed by atoms with Gasteiger partial charge in [-0.25, -0.2) is 0 Å². The first-order valence-corrected chi connectivity index (χ1v) is 4.19. The van der Waals surface area contributed by atoms with Crippen LogP contribution in [0.3, 0.4) is 0 Å². The molecule has 0 aliphatic rings. The molecule has 8 heavy (non-hydrogen) atoms. The molecule has 0 saturated carbocycles. The highest BCUT2D eigenvalue weighted by Crippen LogP contribution is 1.93. The maximum absolute atomic E-state index is 5.08. The van der Waals surface area contributed by atoms with Crippen molar-refractivity contribution in [2.75, 3.05) is 7.11 Å². The SMILES string of the molecule is C=C(C)O[Si](C)OC. The molecule has 1 radical (unpaired) electrons. The number of hydrogen-bond donors (Lipinski definition) is 0. The molecule has 0 unspecified atom stereocenters. The third-order valence-corrected chi connectivity index (χ3v) is 1.82. The summed E-state index contributed by atoms with van der Waals surface area (Å²) in [6.07, 6.45) is 0. The van der Waals surface area contributed by atoms with Crippen molar-refractivity contribution in [3.8, 4) is 0 Å². The molecular formula is C5H11O2Si. The van der Waals surface area contributed by atoms with Crippen LogP contribution < -0.4 is 0 Å². The van der Waals surface area contributed by atoms with Gasteiger partial charge in [-0.1, -0.05) is 6.58 Å². The van der Waals surface area contributed by atoms with Gasteiger partial charge in [-0.2, -0.15) is 0 Å². The summed E-state index contributed by atoms with van der Waals surface area (Å²) in [4.78, 5) is 0. The Bertz CT molecular complexity index is 82.5. The molecule has 0 spiro atoms. The third kappa shape index (κ3) is 3.89. The van der Waals surface area contributed by atoms with Crippen molar-refractivity contribution in [2.45, 2.75) is 13.5 Å². The van der Waals surface area contributed by atoms with E-state index in [4.69, 9.17) is 8.85 Å². The van der Waals surface area contributed by atoms with Crippen LogP contribution in [0.4, 0.5) is 0 Å². The Morgan fingerprint density at radius 3 is 2.25 bits per heavy atom. The van der Waals surface area contributed by atoms with Gasteiger partial charge in [0.15, 0.2) is 0 Å². The lowest BCUT2D eigenvalue weighted by atomic mass is 10.7. The van der Waals surface area contributed by atoms with Gasteiger partial charge in [0.2, 0.25) is 0 Å². The van der Waals surface area contributed by atoms with Gasteiger partial charge < -0.3 is 8.85 Å². The van der Waals surface area contributed by atoms with Gasteiger partial charge >= 0.3 is 9.28 Å². The van der Waals surface area contributed by atoms with E-state index >= 15 is 0 Å². The molecule has 0 aliphatic heterocycles. The Morgan fingerprint density at radius 1 is 1.62 bits per heavy atom. The van der Waals surface area contributed by atoms with Crippen LogP contribution in [0.5, 0.6) is 0 Å². The van der Waals surface area contributed by atoms with Gasteiger partial charge in [0, 0.05) is 7.11 Å². The summed E-state index contributed by atoms with van der Waals surface area (Å²) in [6.45, 7) is 7.30. The van der Waals surface area contributed by atoms with Crippen molar-refractivity contribution in [3.05, 3.63) is 12.3 Å². The van der Waals surface area contributed by atoms with Gasteiger partial charge in [0.05, 0.1) is 5.76 Å². The molecule has 0 rings (SSSR count). The Hall–Kier alpha value is -0.283. The summed E-state index contributed by atoms with van der Waals surface area (Å²) in [7, 11) is 0.608. The quantitative estimate of drug-likeness (QED) is 0.424. The minimum absolute atomic E-state index is 0.725. The van der Waals surface area contributed by atoms with E-state index in [9.17, 15) is 0 Å². The molecule has 0 atom stereocenters. The molecule has 0 heterocycles. The molecule has 0 aliphatic carbocycles. The monoisotopic (exact) mass is 131 g/mol. The van der Waals surface area contributed by atoms with E-state index in [-0.39, 0.29) is 0 Å². The smallest absolute Gasteiger partial charge is 0.453 e. The maximum atomic E-state index is 5.08. The van der Waals surface area contributed by atoms with Crippen LogP contribution in [-0.4, -0.2) is 16.4 Å². The maximum Gasteiger partial charge on any atom is 0.453 e. The molecule has 2 nitrogen and oxygen atoms in total. The van der Waals surface area contributed by atoms with Crippen molar-refractivity contribution in [1.29, 1.82) is 0 Å². The zero-order valence-corrected chi connectivity index (χ0v) is 6.52. The third-order valence-electron chi connectivity index (χ3n) is 0.605. The summed E-state index contributed by atoms with van der Waals surface area (Å²) in [6, 6.07) is 0. The zero-order chi connectivity index (χ0) is 6.57. The van der Waals surface area contributed by atoms with Crippen LogP contribution in [0.15, 0.2) is 12.3 Å². The molecule has 0 saturated heterocycles. The Balaban J connectivity index is 3.24. The van der Waals surface area contributed by atoms with E-state index in [2.05, 4.69) is 6.58 Å². The fraction of sp³-hybridized carbons (Fsp3) is 0.600. The zero-order valence-electron chi connectivity index (χ0n) is 5.52. The van der Waals surface area contributed by atoms with Crippen molar-refractivity contribution in [3.63, 3.8) is 0 Å². The predicted octanol–water partition coefficient (Wildman–Crippen LogP) is 1.30. The van der Waals surface area contributed by atoms with Gasteiger partial charge in [0.1, 0.15) is 0 Å². The van der Waals surface area contributed by atoms with Crippen LogP contribution in [0.25, 0.3) is 0 Å². The molecule has 0 amide bonds. The van der Waals surface area contributed by atoms with Crippen molar-refractivity contribution < 1.29 is 8.85 Å². The Labute approximate surface area is 52.0 Å². The fourth-order valence-electron chi connectivity index (χ4n) is 0.287. The molecule has 47 valence electrons. The van der Waals surface area contributed by atoms with Crippen LogP contribution in [0.2, 0.25) is 6.55 Å². The molecule has 0 N–H and O–H groups in total. The van der Waals surface area contributed by atoms with E-state index in [1.165, 1.54) is 0 Å². The first-order chi connectivity index (χ1) is 3.66. The predicted molar refractivity (Wildman–Crippen MR) is 34.5 cm³/mol. The fourth-order valence-corrected chi connectivity index (χ4v) is 0.861. The summed E-state index contributed by atoms with van der Waals surface area (Å²) in [5.74, 6) is 0.725. The summed E-state index contributed by atoms with van der Waals surface area (Å²) in [5, 5.41) is 0. The summed E-state index contributed by atoms with van der Waals surface area (Å²) < 4.78 is 9.96. The second-order valence-electron chi connectivity index (χ2n) is 1.50. The van der Waals surface area contributed by atoms with Gasteiger partial charge in [-0.3, -0.25) is 0 Å². The van der Waals surface area contributed by atoms with Crippen LogP contribution >= 0.6 is 0 Å². The first kappa shape index (κ1) is 7.72. The van der Waals surface area contributed by atoms with E-state index < -0.39 is 9.28 Å². The lowest BCUT2D eigenvalue weighted by Crippen LogP contribution is -2.14. The molecular weight excluding hydrogens is 120 g/mol. The standard InChI is InChI=1S/C5H11O2Si/c1-5(2)7-8(4)6-3/h1H2,2-4H3. The minimum Gasteiger partial charge on any atom is -0.523 e. The molecule has 0 fully saturated rings. The van der Waals surface area contributed by atoms with E-state index in [0.717, 1.165) is 5.76 Å². The first-order valence-electron chi connectivity index (χ1n) is 2.37. The highest BCUT2D eigenvalue weighted by molar-refractivity contribution is 6.42. The normalized spacial score (nSPS) is 9.50. The van der Waals surface area contributed by atoms with Gasteiger partial charge in [-0.05, 0) is 13.5 Å². The van der Waals surface area contributed by atoms with E-state index in [0.29, 0.717) is 0 Å². The number of allylic oxidation sites excluding steroid dienone is 1. The molecule has 0 aromatic heterocycles. The molecule has 0 aromatic rings. The molecule has 0 bridgehead atoms. The largest absolute Gasteiger partial charge is 0.523 e. The van der Waals surface area contributed by atoms with Crippen molar-refractivity contribution >= 4 is 9.28 Å².